The van der Waals surface area contributed by atoms with Crippen LogP contribution in [0.1, 0.15) is 25.5 Å². The third kappa shape index (κ3) is 3.45. The van der Waals surface area contributed by atoms with Crippen molar-refractivity contribution in [2.75, 3.05) is 0 Å². The summed E-state index contributed by atoms with van der Waals surface area (Å²) in [5.74, 6) is 5.09. The Kier molecular flexibility index (Phi) is 6.91. The molecule has 0 aliphatic rings. The molecule has 0 unspecified atom stereocenters. The zero-order valence-corrected chi connectivity index (χ0v) is 12.1. The van der Waals surface area contributed by atoms with Crippen LogP contribution in [0, 0.1) is 23.7 Å². The van der Waals surface area contributed by atoms with Gasteiger partial charge in [0.2, 0.25) is 0 Å². The van der Waals surface area contributed by atoms with Crippen molar-refractivity contribution in [3.05, 3.63) is 28.3 Å². The number of aryl methyl sites for hydroxylation is 1. The second-order valence-corrected chi connectivity index (χ2v) is 4.19. The Morgan fingerprint density at radius 3 is 2.43 bits per heavy atom. The summed E-state index contributed by atoms with van der Waals surface area (Å²) in [4.78, 5) is 16.3. The van der Waals surface area contributed by atoms with Gasteiger partial charge in [0.1, 0.15) is 0 Å². The van der Waals surface area contributed by atoms with E-state index in [1.807, 2.05) is 19.9 Å². The molecule has 0 radical (unpaired) electrons. The van der Waals surface area contributed by atoms with Crippen LogP contribution >= 0.6 is 0 Å². The molecule has 0 saturated carbocycles. The summed E-state index contributed by atoms with van der Waals surface area (Å²) in [6.45, 7) is 10.9. The van der Waals surface area contributed by atoms with Crippen molar-refractivity contribution < 1.29 is 0 Å². The fourth-order valence-corrected chi connectivity index (χ4v) is 1.87. The van der Waals surface area contributed by atoms with E-state index in [1.165, 1.54) is 6.21 Å². The van der Waals surface area contributed by atoms with Crippen molar-refractivity contribution in [2.24, 2.45) is 18.0 Å². The number of hydrogen-bond donors (Lipinski definition) is 1. The van der Waals surface area contributed by atoms with Crippen LogP contribution in [0.2, 0.25) is 0 Å². The molecule has 0 bridgehead atoms. The zero-order valence-electron chi connectivity index (χ0n) is 12.1. The van der Waals surface area contributed by atoms with Gasteiger partial charge >= 0.3 is 5.69 Å². The second kappa shape index (κ2) is 8.12. The zero-order chi connectivity index (χ0) is 16.6. The smallest absolute Gasteiger partial charge is 0.323 e. The number of nitriles is 2. The van der Waals surface area contributed by atoms with Crippen molar-refractivity contribution in [3.8, 4) is 13.1 Å². The van der Waals surface area contributed by atoms with Gasteiger partial charge in [-0.2, -0.15) is 5.10 Å². The Hall–Kier alpha value is -3.13. The molecule has 0 aromatic carbocycles. The van der Waals surface area contributed by atoms with Crippen LogP contribution in [0.4, 0.5) is 0 Å². The lowest BCUT2D eigenvalue weighted by Gasteiger charge is -2.05. The molecule has 8 nitrogen and oxygen atoms in total. The number of nitrogens with zero attached hydrogens (tertiary/aromatic N) is 6. The molecular formula is C13H17N7O. The van der Waals surface area contributed by atoms with Crippen LogP contribution in [-0.4, -0.2) is 20.3 Å². The van der Waals surface area contributed by atoms with Crippen molar-refractivity contribution in [2.45, 2.75) is 19.9 Å². The predicted octanol–water partition coefficient (Wildman–Crippen LogP) is 0.888. The van der Waals surface area contributed by atoms with E-state index in [1.54, 1.807) is 22.4 Å². The molecule has 2 N–H and O–H groups in total. The number of hydrogen-bond acceptors (Lipinski definition) is 6. The molecule has 8 heteroatoms. The van der Waals surface area contributed by atoms with E-state index in [0.29, 0.717) is 5.65 Å². The highest BCUT2D eigenvalue weighted by Gasteiger charge is 2.14. The van der Waals surface area contributed by atoms with Gasteiger partial charge in [-0.05, 0) is 19.9 Å². The summed E-state index contributed by atoms with van der Waals surface area (Å²) in [7, 11) is 1.73. The van der Waals surface area contributed by atoms with Crippen LogP contribution in [-0.2, 0) is 7.05 Å². The van der Waals surface area contributed by atoms with Crippen molar-refractivity contribution >= 4 is 17.4 Å². The molecule has 21 heavy (non-hydrogen) atoms. The first kappa shape index (κ1) is 17.9. The highest BCUT2D eigenvalue weighted by Crippen LogP contribution is 2.14. The number of hydrazone groups is 1. The summed E-state index contributed by atoms with van der Waals surface area (Å²) in [5.41, 5.74) is 2.17. The van der Waals surface area contributed by atoms with Gasteiger partial charge in [0.15, 0.2) is 5.65 Å². The van der Waals surface area contributed by atoms with E-state index in [4.69, 9.17) is 16.4 Å². The maximum absolute atomic E-state index is 12.0. The summed E-state index contributed by atoms with van der Waals surface area (Å²) >= 11 is 0. The van der Waals surface area contributed by atoms with E-state index >= 15 is 0 Å². The van der Waals surface area contributed by atoms with E-state index < -0.39 is 0 Å². The Labute approximate surface area is 122 Å². The minimum atomic E-state index is -0.0654. The highest BCUT2D eigenvalue weighted by molar-refractivity contribution is 5.85. The SMILES string of the molecule is C#N.C#N.CC(C)n1c(=O)n(C)c2cc(C=NN)cnc21. The number of nitrogens with two attached hydrogens (primary N) is 1. The molecule has 0 saturated heterocycles. The largest absolute Gasteiger partial charge is 0.330 e. The second-order valence-electron chi connectivity index (χ2n) is 4.19. The molecule has 2 rings (SSSR count). The molecule has 0 atom stereocenters. The molecule has 0 fully saturated rings. The fourth-order valence-electron chi connectivity index (χ4n) is 1.87. The minimum Gasteiger partial charge on any atom is -0.323 e. The van der Waals surface area contributed by atoms with Gasteiger partial charge in [0, 0.05) is 38.0 Å². The predicted molar refractivity (Wildman–Crippen MR) is 80.5 cm³/mol. The average Bonchev–Trinajstić information content (AvgIpc) is 2.76. The quantitative estimate of drug-likeness (QED) is 0.498. The molecule has 0 amide bonds. The first-order chi connectivity index (χ1) is 10.1. The first-order valence-corrected chi connectivity index (χ1v) is 5.88. The third-order valence-corrected chi connectivity index (χ3v) is 2.69. The number of aromatic nitrogens is 3. The first-order valence-electron chi connectivity index (χ1n) is 5.88. The van der Waals surface area contributed by atoms with E-state index in [2.05, 4.69) is 23.2 Å². The van der Waals surface area contributed by atoms with Gasteiger partial charge in [0.25, 0.3) is 0 Å². The lowest BCUT2D eigenvalue weighted by molar-refractivity contribution is 0.579. The summed E-state index contributed by atoms with van der Waals surface area (Å²) in [6, 6.07) is 1.92. The Morgan fingerprint density at radius 1 is 1.38 bits per heavy atom. The van der Waals surface area contributed by atoms with Gasteiger partial charge < -0.3 is 5.84 Å². The van der Waals surface area contributed by atoms with Gasteiger partial charge in [-0.3, -0.25) is 9.13 Å². The number of fused-ring (bicyclic) bond motifs is 1. The van der Waals surface area contributed by atoms with Crippen LogP contribution in [0.3, 0.4) is 0 Å². The molecule has 0 spiro atoms. The van der Waals surface area contributed by atoms with Gasteiger partial charge in [-0.15, -0.1) is 0 Å². The Balaban J connectivity index is 0.000000921. The molecule has 2 aromatic heterocycles. The van der Waals surface area contributed by atoms with Crippen LogP contribution < -0.4 is 11.5 Å². The lowest BCUT2D eigenvalue weighted by Crippen LogP contribution is -2.23. The van der Waals surface area contributed by atoms with Gasteiger partial charge in [-0.1, -0.05) is 0 Å². The molecule has 2 aromatic rings. The third-order valence-electron chi connectivity index (χ3n) is 2.69. The lowest BCUT2D eigenvalue weighted by atomic mass is 10.3. The van der Waals surface area contributed by atoms with Crippen LogP contribution in [0.25, 0.3) is 11.2 Å². The Morgan fingerprint density at radius 2 is 1.95 bits per heavy atom. The van der Waals surface area contributed by atoms with Crippen LogP contribution in [0.5, 0.6) is 0 Å². The molecule has 0 aliphatic carbocycles. The molecule has 0 aliphatic heterocycles. The van der Waals surface area contributed by atoms with Gasteiger partial charge in [-0.25, -0.2) is 20.3 Å². The van der Waals surface area contributed by atoms with E-state index in [9.17, 15) is 4.79 Å². The van der Waals surface area contributed by atoms with Crippen molar-refractivity contribution in [1.82, 2.24) is 14.1 Å². The van der Waals surface area contributed by atoms with Crippen molar-refractivity contribution in [1.29, 1.82) is 10.5 Å². The average molecular weight is 287 g/mol. The molecule has 110 valence electrons. The normalized spacial score (nSPS) is 9.90. The fraction of sp³-hybridized carbons (Fsp3) is 0.308. The number of imidazole rings is 1. The number of pyridine rings is 1. The minimum absolute atomic E-state index is 0.0654. The van der Waals surface area contributed by atoms with Gasteiger partial charge in [0.05, 0.1) is 11.7 Å². The van der Waals surface area contributed by atoms with Crippen LogP contribution in [0.15, 0.2) is 22.2 Å². The molecule has 2 heterocycles. The highest BCUT2D eigenvalue weighted by atomic mass is 16.1. The summed E-state index contributed by atoms with van der Waals surface area (Å²) < 4.78 is 3.24. The maximum Gasteiger partial charge on any atom is 0.330 e. The Bertz CT molecular complexity index is 712. The van der Waals surface area contributed by atoms with E-state index in [-0.39, 0.29) is 11.7 Å². The standard InChI is InChI=1S/C11H15N5O.2CHN/c1-7(2)16-10-9(15(3)11(16)17)4-8(5-13-10)6-14-12;2*1-2/h4-7H,12H2,1-3H3;2*1H. The topological polar surface area (TPSA) is 126 Å². The van der Waals surface area contributed by atoms with E-state index in [0.717, 1.165) is 11.1 Å². The monoisotopic (exact) mass is 287 g/mol. The summed E-state index contributed by atoms with van der Waals surface area (Å²) in [5, 5.41) is 16.4. The molecular weight excluding hydrogens is 270 g/mol. The maximum atomic E-state index is 12.0. The summed E-state index contributed by atoms with van der Waals surface area (Å²) in [6.07, 6.45) is 3.15. The van der Waals surface area contributed by atoms with Crippen molar-refractivity contribution in [3.63, 3.8) is 0 Å². The number of rotatable bonds is 2.